The van der Waals surface area contributed by atoms with Crippen LogP contribution in [0.15, 0.2) is 18.3 Å². The van der Waals surface area contributed by atoms with Crippen molar-refractivity contribution in [3.05, 3.63) is 23.9 Å². The van der Waals surface area contributed by atoms with Crippen molar-refractivity contribution in [2.24, 2.45) is 0 Å². The van der Waals surface area contributed by atoms with Crippen LogP contribution >= 0.6 is 16.3 Å². The van der Waals surface area contributed by atoms with Crippen LogP contribution in [-0.4, -0.2) is 18.1 Å². The zero-order valence-electron chi connectivity index (χ0n) is 6.28. The molecule has 12 heavy (non-hydrogen) atoms. The van der Waals surface area contributed by atoms with Gasteiger partial charge in [0.1, 0.15) is 5.56 Å². The van der Waals surface area contributed by atoms with E-state index < -0.39 is 5.97 Å². The molecule has 0 unspecified atom stereocenters. The van der Waals surface area contributed by atoms with Crippen LogP contribution in [0.4, 0.5) is 0 Å². The second-order valence-electron chi connectivity index (χ2n) is 1.92. The van der Waals surface area contributed by atoms with Crippen molar-refractivity contribution in [2.75, 3.05) is 7.11 Å². The number of hydrogen-bond donors (Lipinski definition) is 0. The summed E-state index contributed by atoms with van der Waals surface area (Å²) in [4.78, 5) is 14.8. The van der Waals surface area contributed by atoms with Crippen LogP contribution < -0.4 is 4.74 Å². The van der Waals surface area contributed by atoms with E-state index in [4.69, 9.17) is 4.74 Å². The molecule has 64 valence electrons. The molecule has 0 aliphatic carbocycles. The molecule has 0 N–H and O–H groups in total. The predicted molar refractivity (Wildman–Crippen MR) is 45.1 cm³/mol. The monoisotopic (exact) mass is 231 g/mol. The van der Waals surface area contributed by atoms with Crippen LogP contribution in [0.1, 0.15) is 10.4 Å². The lowest BCUT2D eigenvalue weighted by molar-refractivity contribution is 0.0777. The van der Waals surface area contributed by atoms with Crippen LogP contribution in [0, 0.1) is 0 Å². The molecule has 0 aromatic carbocycles. The van der Waals surface area contributed by atoms with Crippen molar-refractivity contribution in [2.45, 2.75) is 0 Å². The van der Waals surface area contributed by atoms with Gasteiger partial charge in [-0.2, -0.15) is 0 Å². The summed E-state index contributed by atoms with van der Waals surface area (Å²) in [7, 11) is 1.44. The third-order valence-corrected chi connectivity index (χ3v) is 1.55. The third kappa shape index (κ3) is 1.73. The largest absolute Gasteiger partial charge is 0.480 e. The first kappa shape index (κ1) is 8.99. The summed E-state index contributed by atoms with van der Waals surface area (Å²) >= 11 is 2.58. The Kier molecular flexibility index (Phi) is 3.04. The smallest absolute Gasteiger partial charge is 0.355 e. The summed E-state index contributed by atoms with van der Waals surface area (Å²) in [5.74, 6) is -0.276. The Bertz CT molecular complexity index is 290. The Labute approximate surface area is 78.0 Å². The highest BCUT2D eigenvalue weighted by atomic mass is 79.9. The highest BCUT2D eigenvalue weighted by Crippen LogP contribution is 2.15. The van der Waals surface area contributed by atoms with Gasteiger partial charge in [0, 0.05) is 6.20 Å². The molecule has 0 spiro atoms. The molecule has 0 amide bonds. The summed E-state index contributed by atoms with van der Waals surface area (Å²) < 4.78 is 9.17. The molecular weight excluding hydrogens is 226 g/mol. The molecule has 5 heteroatoms. The summed E-state index contributed by atoms with van der Waals surface area (Å²) in [6.07, 6.45) is 1.53. The van der Waals surface area contributed by atoms with Crippen molar-refractivity contribution in [3.63, 3.8) is 0 Å². The number of pyridine rings is 1. The van der Waals surface area contributed by atoms with E-state index in [0.29, 0.717) is 0 Å². The highest BCUT2D eigenvalue weighted by molar-refractivity contribution is 9.06. The van der Waals surface area contributed by atoms with Crippen LogP contribution in [-0.2, 0) is 3.83 Å². The molecule has 0 saturated heterocycles. The Morgan fingerprint density at radius 1 is 1.67 bits per heavy atom. The zero-order chi connectivity index (χ0) is 8.97. The summed E-state index contributed by atoms with van der Waals surface area (Å²) in [5, 5.41) is 0. The standard InChI is InChI=1S/C7H6BrNO3/c1-11-6-5(7(10)12-8)3-2-4-9-6/h2-4H,1H3. The Morgan fingerprint density at radius 3 is 3.00 bits per heavy atom. The van der Waals surface area contributed by atoms with Gasteiger partial charge in [-0.1, -0.05) is 0 Å². The van der Waals surface area contributed by atoms with Crippen molar-refractivity contribution >= 4 is 22.2 Å². The molecule has 1 rings (SSSR count). The van der Waals surface area contributed by atoms with Crippen molar-refractivity contribution in [3.8, 4) is 5.88 Å². The number of aromatic nitrogens is 1. The minimum absolute atomic E-state index is 0.252. The molecule has 0 fully saturated rings. The van der Waals surface area contributed by atoms with Gasteiger partial charge in [0.2, 0.25) is 5.88 Å². The molecular formula is C7H6BrNO3. The van der Waals surface area contributed by atoms with Crippen molar-refractivity contribution in [1.29, 1.82) is 0 Å². The molecule has 0 radical (unpaired) electrons. The molecule has 0 saturated carbocycles. The Hall–Kier alpha value is -1.10. The number of methoxy groups -OCH3 is 1. The minimum Gasteiger partial charge on any atom is -0.480 e. The topological polar surface area (TPSA) is 48.4 Å². The van der Waals surface area contributed by atoms with Crippen molar-refractivity contribution in [1.82, 2.24) is 4.98 Å². The quantitative estimate of drug-likeness (QED) is 0.776. The van der Waals surface area contributed by atoms with Gasteiger partial charge in [0.15, 0.2) is 16.3 Å². The molecule has 0 bridgehead atoms. The van der Waals surface area contributed by atoms with E-state index in [-0.39, 0.29) is 11.4 Å². The van der Waals surface area contributed by atoms with Crippen molar-refractivity contribution < 1.29 is 13.4 Å². The maximum atomic E-state index is 11.0. The Balaban J connectivity index is 3.04. The Morgan fingerprint density at radius 2 is 2.42 bits per heavy atom. The van der Waals surface area contributed by atoms with E-state index in [9.17, 15) is 4.79 Å². The first-order valence-corrected chi connectivity index (χ1v) is 3.76. The van der Waals surface area contributed by atoms with Gasteiger partial charge < -0.3 is 8.57 Å². The fourth-order valence-electron chi connectivity index (χ4n) is 0.750. The molecule has 1 heterocycles. The maximum absolute atomic E-state index is 11.0. The van der Waals surface area contributed by atoms with E-state index in [1.54, 1.807) is 12.1 Å². The summed E-state index contributed by atoms with van der Waals surface area (Å²) in [6, 6.07) is 3.19. The van der Waals surface area contributed by atoms with Crippen LogP contribution in [0.3, 0.4) is 0 Å². The van der Waals surface area contributed by atoms with Gasteiger partial charge >= 0.3 is 5.97 Å². The number of halogens is 1. The number of rotatable bonds is 2. The number of carbonyl (C=O) groups excluding carboxylic acids is 1. The van der Waals surface area contributed by atoms with Gasteiger partial charge in [0.05, 0.1) is 7.11 Å². The lowest BCUT2D eigenvalue weighted by Crippen LogP contribution is -2.02. The van der Waals surface area contributed by atoms with Crippen LogP contribution in [0.25, 0.3) is 0 Å². The van der Waals surface area contributed by atoms with Crippen LogP contribution in [0.2, 0.25) is 0 Å². The second-order valence-corrected chi connectivity index (χ2v) is 2.25. The summed E-state index contributed by atoms with van der Waals surface area (Å²) in [5.41, 5.74) is 0.289. The maximum Gasteiger partial charge on any atom is 0.355 e. The number of carbonyl (C=O) groups is 1. The van der Waals surface area contributed by atoms with E-state index >= 15 is 0 Å². The predicted octanol–water partition coefficient (Wildman–Crippen LogP) is 1.56. The minimum atomic E-state index is -0.528. The SMILES string of the molecule is COc1ncccc1C(=O)OBr. The average Bonchev–Trinajstić information content (AvgIpc) is 2.16. The zero-order valence-corrected chi connectivity index (χ0v) is 7.87. The molecule has 1 aromatic rings. The summed E-state index contributed by atoms with van der Waals surface area (Å²) in [6.45, 7) is 0. The number of hydrogen-bond acceptors (Lipinski definition) is 4. The molecule has 0 atom stereocenters. The first-order chi connectivity index (χ1) is 5.79. The van der Waals surface area contributed by atoms with Gasteiger partial charge in [-0.3, -0.25) is 0 Å². The second kappa shape index (κ2) is 4.06. The molecule has 4 nitrogen and oxygen atoms in total. The molecule has 0 aliphatic rings. The van der Waals surface area contributed by atoms with Gasteiger partial charge in [0.25, 0.3) is 0 Å². The van der Waals surface area contributed by atoms with Gasteiger partial charge in [-0.25, -0.2) is 9.78 Å². The normalized spacial score (nSPS) is 9.17. The van der Waals surface area contributed by atoms with Gasteiger partial charge in [-0.15, -0.1) is 0 Å². The lowest BCUT2D eigenvalue weighted by Gasteiger charge is -2.02. The fourth-order valence-corrected chi connectivity index (χ4v) is 0.925. The third-order valence-electron chi connectivity index (χ3n) is 1.25. The van der Waals surface area contributed by atoms with Gasteiger partial charge in [-0.05, 0) is 12.1 Å². The fraction of sp³-hybridized carbons (Fsp3) is 0.143. The average molecular weight is 232 g/mol. The van der Waals surface area contributed by atoms with E-state index in [1.165, 1.54) is 13.3 Å². The highest BCUT2D eigenvalue weighted by Gasteiger charge is 2.12. The molecule has 1 aromatic heterocycles. The van der Waals surface area contributed by atoms with E-state index in [2.05, 4.69) is 25.1 Å². The number of ether oxygens (including phenoxy) is 1. The number of nitrogens with zero attached hydrogens (tertiary/aromatic N) is 1. The van der Waals surface area contributed by atoms with E-state index in [1.807, 2.05) is 0 Å². The lowest BCUT2D eigenvalue weighted by atomic mass is 10.3. The van der Waals surface area contributed by atoms with E-state index in [0.717, 1.165) is 0 Å². The van der Waals surface area contributed by atoms with Crippen LogP contribution in [0.5, 0.6) is 5.88 Å². The molecule has 0 aliphatic heterocycles. The first-order valence-electron chi connectivity index (χ1n) is 3.11.